The molecule has 0 spiro atoms. The molecule has 0 aliphatic rings. The maximum Gasteiger partial charge on any atom is 0.339 e. The first-order valence-corrected chi connectivity index (χ1v) is 9.88. The highest BCUT2D eigenvalue weighted by Gasteiger charge is 2.23. The highest BCUT2D eigenvalue weighted by Crippen LogP contribution is 2.27. The number of carbonyl (C=O) groups excluding carboxylic acids is 2. The molecular weight excluding hydrogens is 416 g/mol. The maximum absolute atomic E-state index is 13.0. The van der Waals surface area contributed by atoms with Gasteiger partial charge in [-0.05, 0) is 24.1 Å². The van der Waals surface area contributed by atoms with Gasteiger partial charge in [-0.1, -0.05) is 37.2 Å². The molecule has 0 unspecified atom stereocenters. The van der Waals surface area contributed by atoms with Crippen LogP contribution in [0.25, 0.3) is 0 Å². The van der Waals surface area contributed by atoms with Crippen LogP contribution in [0, 0.1) is 16.0 Å². The summed E-state index contributed by atoms with van der Waals surface area (Å²) in [4.78, 5) is 40.6. The summed E-state index contributed by atoms with van der Waals surface area (Å²) in [5, 5.41) is 17.9. The zero-order chi connectivity index (χ0) is 23.3. The van der Waals surface area contributed by atoms with Crippen LogP contribution in [0.3, 0.4) is 0 Å². The number of nitro groups is 1. The third kappa shape index (κ3) is 5.15. The van der Waals surface area contributed by atoms with Crippen molar-refractivity contribution in [2.75, 3.05) is 12.4 Å². The lowest BCUT2D eigenvalue weighted by Crippen LogP contribution is -2.13. The van der Waals surface area contributed by atoms with Crippen LogP contribution in [-0.4, -0.2) is 33.9 Å². The molecule has 3 aromatic rings. The molecule has 32 heavy (non-hydrogen) atoms. The molecule has 0 saturated heterocycles. The number of ether oxygens (including phenoxy) is 1. The largest absolute Gasteiger partial charge is 0.452 e. The van der Waals surface area contributed by atoms with Gasteiger partial charge in [0, 0.05) is 30.7 Å². The van der Waals surface area contributed by atoms with Crippen LogP contribution < -0.4 is 5.32 Å². The minimum atomic E-state index is -0.751. The third-order valence-corrected chi connectivity index (χ3v) is 4.55. The number of benzene rings is 2. The minimum Gasteiger partial charge on any atom is -0.452 e. The number of anilines is 1. The molecule has 0 bridgehead atoms. The number of hydrogen-bond acceptors (Lipinski definition) is 9. The van der Waals surface area contributed by atoms with Crippen molar-refractivity contribution in [3.05, 3.63) is 81.0 Å². The Bertz CT molecular complexity index is 1150. The average molecular weight is 438 g/mol. The summed E-state index contributed by atoms with van der Waals surface area (Å²) in [6.45, 7) is 3.80. The Hall–Kier alpha value is -4.08. The van der Waals surface area contributed by atoms with Crippen LogP contribution >= 0.6 is 0 Å². The molecular formula is C22H22N4O6. The van der Waals surface area contributed by atoms with E-state index < -0.39 is 16.7 Å². The Balaban J connectivity index is 1.80. The highest BCUT2D eigenvalue weighted by atomic mass is 16.6. The van der Waals surface area contributed by atoms with Crippen LogP contribution in [0.5, 0.6) is 0 Å². The first-order valence-electron chi connectivity index (χ1n) is 9.88. The SMILES string of the molecule is CNc1ccc(C(=O)c2ccccc2C(=O)OCc2nc(CC(C)C)no2)cc1[N+](=O)[O-]. The van der Waals surface area contributed by atoms with E-state index in [1.165, 1.54) is 30.3 Å². The van der Waals surface area contributed by atoms with Gasteiger partial charge in [0.1, 0.15) is 5.69 Å². The number of nitro benzene ring substituents is 1. The van der Waals surface area contributed by atoms with E-state index in [1.807, 2.05) is 13.8 Å². The lowest BCUT2D eigenvalue weighted by molar-refractivity contribution is -0.384. The quantitative estimate of drug-likeness (QED) is 0.229. The summed E-state index contributed by atoms with van der Waals surface area (Å²) in [5.74, 6) is -0.276. The second kappa shape index (κ2) is 9.82. The molecule has 0 amide bonds. The Kier molecular flexibility index (Phi) is 6.93. The van der Waals surface area contributed by atoms with E-state index in [0.29, 0.717) is 18.2 Å². The molecule has 0 radical (unpaired) electrons. The van der Waals surface area contributed by atoms with Crippen molar-refractivity contribution in [2.24, 2.45) is 5.92 Å². The molecule has 166 valence electrons. The van der Waals surface area contributed by atoms with Gasteiger partial charge in [-0.2, -0.15) is 4.98 Å². The topological polar surface area (TPSA) is 137 Å². The van der Waals surface area contributed by atoms with Gasteiger partial charge >= 0.3 is 5.97 Å². The monoisotopic (exact) mass is 438 g/mol. The number of esters is 1. The lowest BCUT2D eigenvalue weighted by atomic mass is 9.97. The van der Waals surface area contributed by atoms with Gasteiger partial charge < -0.3 is 14.6 Å². The summed E-state index contributed by atoms with van der Waals surface area (Å²) in [7, 11) is 1.55. The fourth-order valence-electron chi connectivity index (χ4n) is 3.05. The molecule has 2 aromatic carbocycles. The predicted octanol–water partition coefficient (Wildman–Crippen LogP) is 3.81. The minimum absolute atomic E-state index is 0.0276. The molecule has 1 aromatic heterocycles. The molecule has 0 atom stereocenters. The number of nitrogens with one attached hydrogen (secondary N) is 1. The number of ketones is 1. The zero-order valence-corrected chi connectivity index (χ0v) is 17.8. The fraction of sp³-hybridized carbons (Fsp3) is 0.273. The summed E-state index contributed by atoms with van der Waals surface area (Å²) in [5.41, 5.74) is 0.198. The summed E-state index contributed by atoms with van der Waals surface area (Å²) < 4.78 is 10.3. The molecule has 0 saturated carbocycles. The zero-order valence-electron chi connectivity index (χ0n) is 17.8. The summed E-state index contributed by atoms with van der Waals surface area (Å²) in [6, 6.07) is 10.2. The second-order valence-electron chi connectivity index (χ2n) is 7.39. The van der Waals surface area contributed by atoms with Gasteiger partial charge in [-0.25, -0.2) is 4.79 Å². The Morgan fingerprint density at radius 3 is 2.56 bits per heavy atom. The van der Waals surface area contributed by atoms with E-state index >= 15 is 0 Å². The number of rotatable bonds is 9. The number of nitrogens with zero attached hydrogens (tertiary/aromatic N) is 3. The molecule has 1 heterocycles. The summed E-state index contributed by atoms with van der Waals surface area (Å²) >= 11 is 0. The van der Waals surface area contributed by atoms with Gasteiger partial charge in [-0.15, -0.1) is 0 Å². The molecule has 0 aliphatic heterocycles. The number of carbonyl (C=O) groups is 2. The molecule has 10 heteroatoms. The van der Waals surface area contributed by atoms with Crippen molar-refractivity contribution in [1.29, 1.82) is 0 Å². The van der Waals surface area contributed by atoms with Gasteiger partial charge in [0.25, 0.3) is 11.6 Å². The van der Waals surface area contributed by atoms with Crippen LogP contribution in [0.4, 0.5) is 11.4 Å². The molecule has 0 aliphatic carbocycles. The van der Waals surface area contributed by atoms with Crippen molar-refractivity contribution in [2.45, 2.75) is 26.9 Å². The van der Waals surface area contributed by atoms with Crippen LogP contribution in [0.2, 0.25) is 0 Å². The van der Waals surface area contributed by atoms with Gasteiger partial charge in [-0.3, -0.25) is 14.9 Å². The smallest absolute Gasteiger partial charge is 0.339 e. The Labute approximate surface area is 183 Å². The molecule has 1 N–H and O–H groups in total. The van der Waals surface area contributed by atoms with E-state index in [-0.39, 0.29) is 40.6 Å². The van der Waals surface area contributed by atoms with Crippen molar-refractivity contribution in [3.8, 4) is 0 Å². The number of hydrogen-bond donors (Lipinski definition) is 1. The van der Waals surface area contributed by atoms with E-state index in [2.05, 4.69) is 15.5 Å². The Morgan fingerprint density at radius 2 is 1.91 bits per heavy atom. The summed E-state index contributed by atoms with van der Waals surface area (Å²) in [6.07, 6.45) is 0.632. The van der Waals surface area contributed by atoms with Gasteiger partial charge in [0.15, 0.2) is 18.2 Å². The van der Waals surface area contributed by atoms with E-state index in [9.17, 15) is 19.7 Å². The second-order valence-corrected chi connectivity index (χ2v) is 7.39. The van der Waals surface area contributed by atoms with Crippen molar-refractivity contribution < 1.29 is 23.8 Å². The van der Waals surface area contributed by atoms with Crippen LogP contribution in [0.15, 0.2) is 47.0 Å². The lowest BCUT2D eigenvalue weighted by Gasteiger charge is -2.09. The van der Waals surface area contributed by atoms with Crippen molar-refractivity contribution in [3.63, 3.8) is 0 Å². The molecule has 0 fully saturated rings. The van der Waals surface area contributed by atoms with Crippen LogP contribution in [-0.2, 0) is 17.8 Å². The van der Waals surface area contributed by atoms with E-state index in [0.717, 1.165) is 0 Å². The van der Waals surface area contributed by atoms with Crippen LogP contribution in [0.1, 0.15) is 51.8 Å². The molecule has 3 rings (SSSR count). The Morgan fingerprint density at radius 1 is 1.19 bits per heavy atom. The number of aromatic nitrogens is 2. The van der Waals surface area contributed by atoms with Gasteiger partial charge in [0.2, 0.25) is 0 Å². The maximum atomic E-state index is 13.0. The first-order chi connectivity index (χ1) is 15.3. The standard InChI is InChI=1S/C22H22N4O6/c1-13(2)10-19-24-20(32-25-19)12-31-22(28)16-7-5-4-6-15(16)21(27)14-8-9-17(23-3)18(11-14)26(29)30/h4-9,11,13,23H,10,12H2,1-3H3. The predicted molar refractivity (Wildman–Crippen MR) is 114 cm³/mol. The fourth-order valence-corrected chi connectivity index (χ4v) is 3.05. The van der Waals surface area contributed by atoms with Crippen molar-refractivity contribution in [1.82, 2.24) is 10.1 Å². The van der Waals surface area contributed by atoms with E-state index in [1.54, 1.807) is 19.2 Å². The normalized spacial score (nSPS) is 10.8. The first kappa shape index (κ1) is 22.6. The average Bonchev–Trinajstić information content (AvgIpc) is 3.23. The third-order valence-electron chi connectivity index (χ3n) is 4.55. The van der Waals surface area contributed by atoms with E-state index in [4.69, 9.17) is 9.26 Å². The van der Waals surface area contributed by atoms with Crippen molar-refractivity contribution >= 4 is 23.1 Å². The highest BCUT2D eigenvalue weighted by molar-refractivity contribution is 6.14. The van der Waals surface area contributed by atoms with Gasteiger partial charge in [0.05, 0.1) is 10.5 Å². The molecule has 10 nitrogen and oxygen atoms in total.